The van der Waals surface area contributed by atoms with Crippen LogP contribution in [-0.2, 0) is 9.53 Å². The minimum Gasteiger partial charge on any atom is -0.487 e. The monoisotopic (exact) mass is 408 g/mol. The Morgan fingerprint density at radius 2 is 1.93 bits per heavy atom. The summed E-state index contributed by atoms with van der Waals surface area (Å²) in [7, 11) is 0. The molecule has 2 aromatic carbocycles. The van der Waals surface area contributed by atoms with Crippen LogP contribution >= 0.6 is 0 Å². The number of carbonyl (C=O) groups excluding carboxylic acids is 2. The molecular weight excluding hydrogens is 390 g/mol. The number of rotatable bonds is 8. The molecule has 2 rings (SSSR count). The Kier molecular flexibility index (Phi) is 7.18. The minimum atomic E-state index is -0.952. The molecule has 1 atom stereocenters. The predicted molar refractivity (Wildman–Crippen MR) is 97.5 cm³/mol. The Hall–Kier alpha value is -3.56. The molecule has 8 nitrogen and oxygen atoms in total. The molecule has 0 heterocycles. The van der Waals surface area contributed by atoms with E-state index in [1.807, 2.05) is 0 Å². The molecule has 0 spiro atoms. The van der Waals surface area contributed by atoms with Gasteiger partial charge in [-0.1, -0.05) is 6.07 Å². The van der Waals surface area contributed by atoms with Crippen LogP contribution in [0.1, 0.15) is 35.8 Å². The highest BCUT2D eigenvalue weighted by atomic mass is 19.1. The fourth-order valence-electron chi connectivity index (χ4n) is 2.49. The molecule has 29 heavy (non-hydrogen) atoms. The van der Waals surface area contributed by atoms with Gasteiger partial charge in [-0.3, -0.25) is 14.9 Å². The van der Waals surface area contributed by atoms with E-state index in [4.69, 9.17) is 9.47 Å². The second kappa shape index (κ2) is 9.58. The lowest BCUT2D eigenvalue weighted by molar-refractivity contribution is -0.385. The van der Waals surface area contributed by atoms with Gasteiger partial charge in [0, 0.05) is 17.7 Å². The number of ether oxygens (including phenoxy) is 2. The van der Waals surface area contributed by atoms with Crippen LogP contribution < -0.4 is 10.1 Å². The summed E-state index contributed by atoms with van der Waals surface area (Å²) in [6.45, 7) is 2.65. The van der Waals surface area contributed by atoms with Crippen LogP contribution in [0.15, 0.2) is 36.4 Å². The van der Waals surface area contributed by atoms with E-state index in [9.17, 15) is 28.5 Å². The molecule has 10 heteroatoms. The van der Waals surface area contributed by atoms with E-state index in [1.54, 1.807) is 6.92 Å². The number of nitro benzene ring substituents is 1. The average molecular weight is 408 g/mol. The van der Waals surface area contributed by atoms with Gasteiger partial charge in [0.25, 0.3) is 5.91 Å². The lowest BCUT2D eigenvalue weighted by atomic mass is 10.1. The summed E-state index contributed by atoms with van der Waals surface area (Å²) in [5.74, 6) is -3.25. The highest BCUT2D eigenvalue weighted by Gasteiger charge is 2.20. The SMILES string of the molecule is CCOc1ccc(C(=O)OCC(=O)N[C@@H](C)c2ccc(F)cc2F)cc1[N+](=O)[O-]. The van der Waals surface area contributed by atoms with Crippen LogP contribution in [0.2, 0.25) is 0 Å². The van der Waals surface area contributed by atoms with E-state index in [1.165, 1.54) is 25.1 Å². The highest BCUT2D eigenvalue weighted by molar-refractivity contribution is 5.92. The van der Waals surface area contributed by atoms with E-state index in [0.29, 0.717) is 6.07 Å². The van der Waals surface area contributed by atoms with Crippen LogP contribution in [0.3, 0.4) is 0 Å². The van der Waals surface area contributed by atoms with Crippen molar-refractivity contribution in [2.24, 2.45) is 0 Å². The van der Waals surface area contributed by atoms with Gasteiger partial charge in [-0.25, -0.2) is 13.6 Å². The molecule has 0 fully saturated rings. The summed E-state index contributed by atoms with van der Waals surface area (Å²) in [5, 5.41) is 13.5. The van der Waals surface area contributed by atoms with Gasteiger partial charge >= 0.3 is 11.7 Å². The number of benzene rings is 2. The Morgan fingerprint density at radius 3 is 2.55 bits per heavy atom. The first-order chi connectivity index (χ1) is 13.7. The van der Waals surface area contributed by atoms with Crippen molar-refractivity contribution in [3.63, 3.8) is 0 Å². The van der Waals surface area contributed by atoms with Gasteiger partial charge in [0.1, 0.15) is 11.6 Å². The topological polar surface area (TPSA) is 108 Å². The molecule has 1 N–H and O–H groups in total. The van der Waals surface area contributed by atoms with Crippen LogP contribution in [-0.4, -0.2) is 30.0 Å². The molecule has 0 aromatic heterocycles. The highest BCUT2D eigenvalue weighted by Crippen LogP contribution is 2.28. The molecule has 0 aliphatic rings. The zero-order valence-electron chi connectivity index (χ0n) is 15.6. The zero-order chi connectivity index (χ0) is 21.6. The quantitative estimate of drug-likeness (QED) is 0.408. The zero-order valence-corrected chi connectivity index (χ0v) is 15.6. The van der Waals surface area contributed by atoms with E-state index in [2.05, 4.69) is 5.32 Å². The molecule has 2 aromatic rings. The fraction of sp³-hybridized carbons (Fsp3) is 0.263. The molecule has 0 bridgehead atoms. The molecule has 0 saturated carbocycles. The van der Waals surface area contributed by atoms with Crippen LogP contribution in [0, 0.1) is 21.7 Å². The van der Waals surface area contributed by atoms with Crippen molar-refractivity contribution in [1.29, 1.82) is 0 Å². The van der Waals surface area contributed by atoms with Gasteiger partial charge in [-0.15, -0.1) is 0 Å². The summed E-state index contributed by atoms with van der Waals surface area (Å²) in [6, 6.07) is 5.67. The molecule has 0 aliphatic heterocycles. The number of nitrogens with zero attached hydrogens (tertiary/aromatic N) is 1. The van der Waals surface area contributed by atoms with Gasteiger partial charge in [-0.05, 0) is 32.0 Å². The van der Waals surface area contributed by atoms with Gasteiger partial charge in [0.05, 0.1) is 23.1 Å². The number of halogens is 2. The van der Waals surface area contributed by atoms with E-state index < -0.39 is 46.8 Å². The Balaban J connectivity index is 1.98. The minimum absolute atomic E-state index is 0.00180. The van der Waals surface area contributed by atoms with Crippen molar-refractivity contribution >= 4 is 17.6 Å². The third-order valence-corrected chi connectivity index (χ3v) is 3.83. The van der Waals surface area contributed by atoms with E-state index in [0.717, 1.165) is 12.1 Å². The maximum Gasteiger partial charge on any atom is 0.338 e. The Bertz CT molecular complexity index is 935. The number of carbonyl (C=O) groups is 2. The first kappa shape index (κ1) is 21.7. The van der Waals surface area contributed by atoms with Gasteiger partial charge in [0.15, 0.2) is 12.4 Å². The lowest BCUT2D eigenvalue weighted by Crippen LogP contribution is -2.31. The number of amides is 1. The van der Waals surface area contributed by atoms with Gasteiger partial charge in [0.2, 0.25) is 0 Å². The summed E-state index contributed by atoms with van der Waals surface area (Å²) >= 11 is 0. The summed E-state index contributed by atoms with van der Waals surface area (Å²) in [4.78, 5) is 34.4. The number of nitro groups is 1. The second-order valence-corrected chi connectivity index (χ2v) is 5.90. The molecule has 0 radical (unpaired) electrons. The average Bonchev–Trinajstić information content (AvgIpc) is 2.66. The normalized spacial score (nSPS) is 11.4. The number of nitrogens with one attached hydrogen (secondary N) is 1. The first-order valence-electron chi connectivity index (χ1n) is 8.55. The molecule has 0 saturated heterocycles. The van der Waals surface area contributed by atoms with Crippen molar-refractivity contribution in [2.45, 2.75) is 19.9 Å². The van der Waals surface area contributed by atoms with Gasteiger partial charge in [-0.2, -0.15) is 0 Å². The van der Waals surface area contributed by atoms with Crippen molar-refractivity contribution < 1.29 is 32.8 Å². The molecule has 1 amide bonds. The number of hydrogen-bond acceptors (Lipinski definition) is 6. The summed E-state index contributed by atoms with van der Waals surface area (Å²) < 4.78 is 36.7. The third kappa shape index (κ3) is 5.71. The maximum absolute atomic E-state index is 13.7. The van der Waals surface area contributed by atoms with Crippen molar-refractivity contribution in [2.75, 3.05) is 13.2 Å². The number of esters is 1. The largest absolute Gasteiger partial charge is 0.487 e. The molecular formula is C19H18F2N2O6. The molecule has 0 unspecified atom stereocenters. The Morgan fingerprint density at radius 1 is 1.21 bits per heavy atom. The van der Waals surface area contributed by atoms with E-state index in [-0.39, 0.29) is 23.5 Å². The number of hydrogen-bond donors (Lipinski definition) is 1. The molecule has 0 aliphatic carbocycles. The van der Waals surface area contributed by atoms with Crippen LogP contribution in [0.25, 0.3) is 0 Å². The predicted octanol–water partition coefficient (Wildman–Crippen LogP) is 3.31. The van der Waals surface area contributed by atoms with Crippen molar-refractivity contribution in [3.05, 3.63) is 69.3 Å². The fourth-order valence-corrected chi connectivity index (χ4v) is 2.49. The van der Waals surface area contributed by atoms with Crippen LogP contribution in [0.4, 0.5) is 14.5 Å². The maximum atomic E-state index is 13.7. The smallest absolute Gasteiger partial charge is 0.338 e. The standard InChI is InChI=1S/C19H18F2N2O6/c1-3-28-17-7-4-12(8-16(17)23(26)27)19(25)29-10-18(24)22-11(2)14-6-5-13(20)9-15(14)21/h4-9,11H,3,10H2,1-2H3,(H,22,24)/t11-/m0/s1. The second-order valence-electron chi connectivity index (χ2n) is 5.90. The first-order valence-corrected chi connectivity index (χ1v) is 8.55. The Labute approximate surface area is 164 Å². The van der Waals surface area contributed by atoms with E-state index >= 15 is 0 Å². The van der Waals surface area contributed by atoms with Gasteiger partial charge < -0.3 is 14.8 Å². The van der Waals surface area contributed by atoms with Crippen LogP contribution in [0.5, 0.6) is 5.75 Å². The van der Waals surface area contributed by atoms with Crippen molar-refractivity contribution in [3.8, 4) is 5.75 Å². The lowest BCUT2D eigenvalue weighted by Gasteiger charge is -2.15. The molecule has 154 valence electrons. The van der Waals surface area contributed by atoms with Crippen molar-refractivity contribution in [1.82, 2.24) is 5.32 Å². The summed E-state index contributed by atoms with van der Waals surface area (Å²) in [5.41, 5.74) is -0.482. The third-order valence-electron chi connectivity index (χ3n) is 3.83. The summed E-state index contributed by atoms with van der Waals surface area (Å²) in [6.07, 6.45) is 0.